The number of carbonyl (C=O) groups excluding carboxylic acids is 2. The van der Waals surface area contributed by atoms with E-state index in [1.807, 2.05) is 6.92 Å². The normalized spacial score (nSPS) is 20.4. The Morgan fingerprint density at radius 1 is 1.02 bits per heavy atom. The quantitative estimate of drug-likeness (QED) is 0.145. The molecule has 5 rings (SSSR count). The Kier molecular flexibility index (Phi) is 12.2. The Hall–Kier alpha value is -4.41. The van der Waals surface area contributed by atoms with E-state index >= 15 is 0 Å². The first-order valence-electron chi connectivity index (χ1n) is 17.5. The average molecular weight is 788 g/mol. The molecule has 0 spiro atoms. The number of pyridine rings is 1. The van der Waals surface area contributed by atoms with Crippen LogP contribution in [0.2, 0.25) is 0 Å². The number of nitrogens with zero attached hydrogens (tertiary/aromatic N) is 3. The number of hydrogen-bond acceptors (Lipinski definition) is 7. The highest BCUT2D eigenvalue weighted by Gasteiger charge is 2.56. The van der Waals surface area contributed by atoms with Crippen molar-refractivity contribution in [2.24, 2.45) is 0 Å². The van der Waals surface area contributed by atoms with Crippen LogP contribution in [-0.4, -0.2) is 75.6 Å². The molecule has 4 heterocycles. The fourth-order valence-electron chi connectivity index (χ4n) is 7.35. The zero-order valence-electron chi connectivity index (χ0n) is 29.6. The fourth-order valence-corrected chi connectivity index (χ4v) is 8.02. The number of rotatable bonds is 12. The predicted molar refractivity (Wildman–Crippen MR) is 183 cm³/mol. The maximum Gasteiger partial charge on any atom is 0.425 e. The first kappa shape index (κ1) is 40.8. The molecule has 1 aromatic carbocycles. The summed E-state index contributed by atoms with van der Waals surface area (Å²) in [5, 5.41) is 10.1. The topological polar surface area (TPSA) is 109 Å². The smallest absolute Gasteiger partial charge is 0.425 e. The Balaban J connectivity index is 1.49. The number of alkyl halides is 6. The number of amides is 2. The van der Waals surface area contributed by atoms with Gasteiger partial charge in [-0.25, -0.2) is 4.39 Å². The van der Waals surface area contributed by atoms with E-state index in [2.05, 4.69) is 4.98 Å². The number of aromatic nitrogens is 1. The molecule has 294 valence electrons. The minimum absolute atomic E-state index is 0.0390. The number of halogens is 7. The number of benzene rings is 1. The number of aliphatic carboxylic acids is 1. The summed E-state index contributed by atoms with van der Waals surface area (Å²) in [7, 11) is 0. The van der Waals surface area contributed by atoms with E-state index in [4.69, 9.17) is 14.6 Å². The molecular formula is C37H40F7N3O6S. The monoisotopic (exact) mass is 787 g/mol. The van der Waals surface area contributed by atoms with Gasteiger partial charge in [0.2, 0.25) is 5.60 Å². The van der Waals surface area contributed by atoms with Gasteiger partial charge >= 0.3 is 18.3 Å². The zero-order valence-corrected chi connectivity index (χ0v) is 30.4. The molecule has 2 atom stereocenters. The van der Waals surface area contributed by atoms with Gasteiger partial charge in [0.05, 0.1) is 23.8 Å². The van der Waals surface area contributed by atoms with Gasteiger partial charge in [-0.1, -0.05) is 20.3 Å². The summed E-state index contributed by atoms with van der Waals surface area (Å²) in [5.41, 5.74) is -4.13. The number of carboxylic acids is 1. The Bertz CT molecular complexity index is 1830. The highest BCUT2D eigenvalue weighted by molar-refractivity contribution is 7.10. The third-order valence-corrected chi connectivity index (χ3v) is 11.1. The second-order valence-electron chi connectivity index (χ2n) is 13.8. The highest BCUT2D eigenvalue weighted by Crippen LogP contribution is 2.45. The van der Waals surface area contributed by atoms with Crippen molar-refractivity contribution in [1.29, 1.82) is 0 Å². The van der Waals surface area contributed by atoms with Gasteiger partial charge < -0.3 is 24.4 Å². The summed E-state index contributed by atoms with van der Waals surface area (Å²) in [6, 6.07) is 4.29. The zero-order chi connectivity index (χ0) is 39.5. The molecule has 0 saturated carbocycles. The number of likely N-dealkylation sites (tertiary alicyclic amines) is 2. The van der Waals surface area contributed by atoms with Gasteiger partial charge in [0.15, 0.2) is 0 Å². The first-order valence-corrected chi connectivity index (χ1v) is 18.4. The number of carboxylic acid groups (broad SMARTS) is 1. The fraction of sp³-hybridized carbons (Fsp3) is 0.514. The molecule has 2 amide bonds. The summed E-state index contributed by atoms with van der Waals surface area (Å²) < 4.78 is 110. The summed E-state index contributed by atoms with van der Waals surface area (Å²) in [4.78, 5) is 45.3. The lowest BCUT2D eigenvalue weighted by molar-refractivity contribution is -0.161. The Labute approximate surface area is 311 Å². The van der Waals surface area contributed by atoms with E-state index in [0.717, 1.165) is 28.7 Å². The number of carbonyl (C=O) groups is 3. The summed E-state index contributed by atoms with van der Waals surface area (Å²) >= 11 is 0.362. The molecule has 0 bridgehead atoms. The minimum atomic E-state index is -4.90. The van der Waals surface area contributed by atoms with Crippen LogP contribution < -0.4 is 9.47 Å². The van der Waals surface area contributed by atoms with Crippen molar-refractivity contribution in [1.82, 2.24) is 14.8 Å². The Morgan fingerprint density at radius 2 is 1.74 bits per heavy atom. The van der Waals surface area contributed by atoms with E-state index in [1.54, 1.807) is 6.92 Å². The van der Waals surface area contributed by atoms with Crippen molar-refractivity contribution < 1.29 is 59.7 Å². The van der Waals surface area contributed by atoms with Crippen LogP contribution in [-0.2, 0) is 27.4 Å². The van der Waals surface area contributed by atoms with E-state index < -0.39 is 69.0 Å². The second-order valence-corrected chi connectivity index (χ2v) is 14.7. The molecule has 2 fully saturated rings. The van der Waals surface area contributed by atoms with E-state index in [9.17, 15) is 45.1 Å². The Morgan fingerprint density at radius 3 is 2.37 bits per heavy atom. The second kappa shape index (κ2) is 16.1. The molecule has 1 N–H and O–H groups in total. The predicted octanol–water partition coefficient (Wildman–Crippen LogP) is 8.37. The number of thiophene rings is 1. The molecule has 9 nitrogen and oxygen atoms in total. The van der Waals surface area contributed by atoms with Crippen molar-refractivity contribution in [3.05, 3.63) is 75.5 Å². The van der Waals surface area contributed by atoms with Gasteiger partial charge in [-0.05, 0) is 61.8 Å². The van der Waals surface area contributed by atoms with Crippen LogP contribution >= 0.6 is 11.3 Å². The summed E-state index contributed by atoms with van der Waals surface area (Å²) in [6.45, 7) is 3.81. The van der Waals surface area contributed by atoms with Crippen molar-refractivity contribution in [3.8, 4) is 11.5 Å². The van der Waals surface area contributed by atoms with E-state index in [-0.39, 0.29) is 76.9 Å². The van der Waals surface area contributed by atoms with Crippen molar-refractivity contribution in [2.45, 2.75) is 94.6 Å². The SMILES string of the molecule is CCC[C@H]1N(C(=O)c2cnccc2C(F)(F)F)CCC[C@@]1(Oc1csc(C(F)(F)F)c1)C(=O)N1CCC(C)(c2cc(F)ccc2OCCCC(=O)O)CC1. The molecule has 54 heavy (non-hydrogen) atoms. The molecule has 17 heteroatoms. The maximum absolute atomic E-state index is 14.9. The van der Waals surface area contributed by atoms with Crippen LogP contribution in [0.5, 0.6) is 11.5 Å². The molecule has 0 unspecified atom stereocenters. The van der Waals surface area contributed by atoms with Crippen LogP contribution in [0.25, 0.3) is 0 Å². The van der Waals surface area contributed by atoms with Crippen molar-refractivity contribution >= 4 is 29.1 Å². The minimum Gasteiger partial charge on any atom is -0.493 e. The number of hydrogen-bond donors (Lipinski definition) is 1. The molecule has 0 radical (unpaired) electrons. The van der Waals surface area contributed by atoms with Crippen LogP contribution in [0.15, 0.2) is 48.1 Å². The molecule has 2 aliphatic rings. The van der Waals surface area contributed by atoms with E-state index in [1.165, 1.54) is 23.1 Å². The van der Waals surface area contributed by atoms with Crippen LogP contribution in [0.3, 0.4) is 0 Å². The van der Waals surface area contributed by atoms with Crippen molar-refractivity contribution in [3.63, 3.8) is 0 Å². The van der Waals surface area contributed by atoms with Crippen molar-refractivity contribution in [2.75, 3.05) is 26.2 Å². The number of ether oxygens (including phenoxy) is 2. The molecule has 0 aliphatic carbocycles. The summed E-state index contributed by atoms with van der Waals surface area (Å²) in [5.74, 6) is -3.09. The highest BCUT2D eigenvalue weighted by atomic mass is 32.1. The maximum atomic E-state index is 14.9. The van der Waals surface area contributed by atoms with Gasteiger partial charge in [0.1, 0.15) is 22.2 Å². The molecular weight excluding hydrogens is 747 g/mol. The molecule has 2 aromatic heterocycles. The average Bonchev–Trinajstić information content (AvgIpc) is 3.60. The lowest BCUT2D eigenvalue weighted by Gasteiger charge is -2.51. The summed E-state index contributed by atoms with van der Waals surface area (Å²) in [6.07, 6.45) is -6.75. The van der Waals surface area contributed by atoms with Gasteiger partial charge in [-0.2, -0.15) is 26.3 Å². The van der Waals surface area contributed by atoms with E-state index in [0.29, 0.717) is 35.1 Å². The molecule has 2 saturated heterocycles. The van der Waals surface area contributed by atoms with Crippen LogP contribution in [0.4, 0.5) is 30.7 Å². The third-order valence-electron chi connectivity index (χ3n) is 10.1. The largest absolute Gasteiger partial charge is 0.493 e. The lowest BCUT2D eigenvalue weighted by Crippen LogP contribution is -2.68. The van der Waals surface area contributed by atoms with Gasteiger partial charge in [-0.15, -0.1) is 11.3 Å². The van der Waals surface area contributed by atoms with Crippen LogP contribution in [0, 0.1) is 5.82 Å². The van der Waals surface area contributed by atoms with Gasteiger partial charge in [0, 0.05) is 61.9 Å². The molecule has 3 aromatic rings. The standard InChI is InChI=1S/C37H40F7N3O6S/c1-3-6-29-35(53-24-20-30(54-22-24)37(42,43)44,11-5-15-47(29)32(50)25-21-45-14-10-26(25)36(39,40)41)33(51)46-16-12-34(2,13-17-46)27-19-23(38)8-9-28(27)52-18-4-7-31(48)49/h8-10,14,19-22,29H,3-7,11-13,15-18H2,1-2H3,(H,48,49)/t29-,35+/m1/s1. The number of piperidine rings is 2. The lowest BCUT2D eigenvalue weighted by atomic mass is 9.73. The first-order chi connectivity index (χ1) is 25.4. The van der Waals surface area contributed by atoms with Gasteiger partial charge in [0.25, 0.3) is 11.8 Å². The van der Waals surface area contributed by atoms with Gasteiger partial charge in [-0.3, -0.25) is 19.4 Å². The third kappa shape index (κ3) is 8.76. The van der Waals surface area contributed by atoms with Crippen LogP contribution in [0.1, 0.15) is 91.6 Å². The molecule has 2 aliphatic heterocycles.